The van der Waals surface area contributed by atoms with Gasteiger partial charge in [-0.25, -0.2) is 28.0 Å². The predicted octanol–water partition coefficient (Wildman–Crippen LogP) is 3.78. The number of aryl methyl sites for hydroxylation is 1. The van der Waals surface area contributed by atoms with Gasteiger partial charge in [0.05, 0.1) is 38.4 Å². The Labute approximate surface area is 227 Å². The number of hydrogen-bond acceptors (Lipinski definition) is 11. The number of rotatable bonds is 10. The fourth-order valence-corrected chi connectivity index (χ4v) is 4.81. The van der Waals surface area contributed by atoms with E-state index in [0.717, 1.165) is 0 Å². The maximum atomic E-state index is 14.1. The van der Waals surface area contributed by atoms with Gasteiger partial charge in [-0.3, -0.25) is 4.98 Å². The third-order valence-corrected chi connectivity index (χ3v) is 6.89. The Bertz CT molecular complexity index is 1430. The molecule has 1 aromatic carbocycles. The number of carbonyl (C=O) groups is 2. The molecule has 1 atom stereocenters. The minimum atomic E-state index is -4.65. The lowest BCUT2D eigenvalue weighted by Gasteiger charge is -2.23. The highest BCUT2D eigenvalue weighted by Crippen LogP contribution is 2.34. The zero-order valence-corrected chi connectivity index (χ0v) is 23.3. The van der Waals surface area contributed by atoms with E-state index in [-0.39, 0.29) is 34.8 Å². The Morgan fingerprint density at radius 2 is 1.72 bits per heavy atom. The van der Waals surface area contributed by atoms with Gasteiger partial charge >= 0.3 is 12.1 Å². The second-order valence-electron chi connectivity index (χ2n) is 8.74. The standard InChI is InChI=1S/C26H30N4O8S/c1-16(2)15-37-26(32)30(23-24(35-5)29-17(3)14-28-23)39(33,34)21-8-7-13-27-22(21)19-9-11-20(12-10-19)38-18(4)25(31)36-6/h7-14,16,18H,15H2,1-6H3. The van der Waals surface area contributed by atoms with Crippen LogP contribution in [0.5, 0.6) is 11.6 Å². The molecule has 0 spiro atoms. The summed E-state index contributed by atoms with van der Waals surface area (Å²) in [4.78, 5) is 37.2. The van der Waals surface area contributed by atoms with Crippen molar-refractivity contribution in [2.75, 3.05) is 25.1 Å². The van der Waals surface area contributed by atoms with Gasteiger partial charge < -0.3 is 18.9 Å². The molecule has 208 valence electrons. The molecule has 0 radical (unpaired) electrons. The summed E-state index contributed by atoms with van der Waals surface area (Å²) in [6, 6.07) is 9.02. The number of ether oxygens (including phenoxy) is 4. The van der Waals surface area contributed by atoms with E-state index >= 15 is 0 Å². The molecule has 1 amide bonds. The smallest absolute Gasteiger partial charge is 0.430 e. The normalized spacial score (nSPS) is 12.0. The lowest BCUT2D eigenvalue weighted by Crippen LogP contribution is -2.39. The van der Waals surface area contributed by atoms with Crippen LogP contribution < -0.4 is 13.8 Å². The maximum absolute atomic E-state index is 14.1. The predicted molar refractivity (Wildman–Crippen MR) is 141 cm³/mol. The first kappa shape index (κ1) is 29.3. The lowest BCUT2D eigenvalue weighted by molar-refractivity contribution is -0.147. The minimum absolute atomic E-state index is 0.0299. The van der Waals surface area contributed by atoms with Crippen molar-refractivity contribution in [2.45, 2.75) is 38.7 Å². The Morgan fingerprint density at radius 3 is 2.33 bits per heavy atom. The lowest BCUT2D eigenvalue weighted by atomic mass is 10.1. The first-order chi connectivity index (χ1) is 18.5. The zero-order valence-electron chi connectivity index (χ0n) is 22.4. The largest absolute Gasteiger partial charge is 0.479 e. The molecule has 39 heavy (non-hydrogen) atoms. The number of carbonyl (C=O) groups excluding carboxylic acids is 2. The van der Waals surface area contributed by atoms with Crippen LogP contribution in [0.1, 0.15) is 26.5 Å². The van der Waals surface area contributed by atoms with Crippen LogP contribution in [-0.4, -0.2) is 62.4 Å². The molecule has 0 fully saturated rings. The summed E-state index contributed by atoms with van der Waals surface area (Å²) in [5.74, 6) is -0.771. The van der Waals surface area contributed by atoms with Crippen molar-refractivity contribution in [3.05, 3.63) is 54.5 Å². The van der Waals surface area contributed by atoms with E-state index < -0.39 is 28.2 Å². The van der Waals surface area contributed by atoms with E-state index in [1.807, 2.05) is 13.8 Å². The van der Waals surface area contributed by atoms with E-state index in [1.165, 1.54) is 38.7 Å². The van der Waals surface area contributed by atoms with Crippen LogP contribution in [0.2, 0.25) is 0 Å². The van der Waals surface area contributed by atoms with Crippen LogP contribution in [0.4, 0.5) is 10.6 Å². The summed E-state index contributed by atoms with van der Waals surface area (Å²) in [5.41, 5.74) is 0.921. The number of pyridine rings is 1. The van der Waals surface area contributed by atoms with Crippen molar-refractivity contribution >= 4 is 27.9 Å². The molecule has 13 heteroatoms. The van der Waals surface area contributed by atoms with Crippen molar-refractivity contribution in [3.63, 3.8) is 0 Å². The highest BCUT2D eigenvalue weighted by atomic mass is 32.2. The number of nitrogens with zero attached hydrogens (tertiary/aromatic N) is 4. The van der Waals surface area contributed by atoms with Crippen molar-refractivity contribution in [3.8, 4) is 22.9 Å². The fourth-order valence-electron chi connectivity index (χ4n) is 3.34. The molecule has 2 aromatic heterocycles. The summed E-state index contributed by atoms with van der Waals surface area (Å²) in [6.45, 7) is 6.79. The van der Waals surface area contributed by atoms with Crippen LogP contribution in [0.3, 0.4) is 0 Å². The number of sulfonamides is 1. The third-order valence-electron chi connectivity index (χ3n) is 5.20. The van der Waals surface area contributed by atoms with Crippen LogP contribution in [-0.2, 0) is 24.3 Å². The molecular formula is C26H30N4O8S. The van der Waals surface area contributed by atoms with Gasteiger partial charge in [-0.15, -0.1) is 4.31 Å². The summed E-state index contributed by atoms with van der Waals surface area (Å²) in [6.07, 6.45) is 0.721. The van der Waals surface area contributed by atoms with Crippen molar-refractivity contribution in [2.24, 2.45) is 5.92 Å². The molecular weight excluding hydrogens is 528 g/mol. The molecule has 0 bridgehead atoms. The SMILES string of the molecule is COC(=O)C(C)Oc1ccc(-c2ncccc2S(=O)(=O)N(C(=O)OCC(C)C)c2ncc(C)nc2OC)cc1. The number of amides is 1. The van der Waals surface area contributed by atoms with E-state index in [9.17, 15) is 18.0 Å². The second kappa shape index (κ2) is 12.5. The minimum Gasteiger partial charge on any atom is -0.479 e. The number of esters is 1. The molecule has 0 saturated heterocycles. The first-order valence-electron chi connectivity index (χ1n) is 11.9. The summed E-state index contributed by atoms with van der Waals surface area (Å²) in [7, 11) is -2.10. The average molecular weight is 559 g/mol. The monoisotopic (exact) mass is 558 g/mol. The zero-order chi connectivity index (χ0) is 28.7. The van der Waals surface area contributed by atoms with Crippen molar-refractivity contribution < 1.29 is 37.0 Å². The molecule has 0 N–H and O–H groups in total. The van der Waals surface area contributed by atoms with Gasteiger partial charge in [0.1, 0.15) is 10.6 Å². The van der Waals surface area contributed by atoms with Gasteiger partial charge in [0.2, 0.25) is 5.82 Å². The summed E-state index contributed by atoms with van der Waals surface area (Å²) < 4.78 is 49.3. The van der Waals surface area contributed by atoms with Crippen molar-refractivity contribution in [1.29, 1.82) is 0 Å². The molecule has 3 aromatic rings. The van der Waals surface area contributed by atoms with Gasteiger partial charge in [-0.2, -0.15) is 0 Å². The summed E-state index contributed by atoms with van der Waals surface area (Å²) in [5, 5.41) is 0. The fraction of sp³-hybridized carbons (Fsp3) is 0.346. The molecule has 0 saturated carbocycles. The second-order valence-corrected chi connectivity index (χ2v) is 10.5. The quantitative estimate of drug-likeness (QED) is 0.335. The van der Waals surface area contributed by atoms with E-state index in [1.54, 1.807) is 38.1 Å². The van der Waals surface area contributed by atoms with E-state index in [4.69, 9.17) is 14.2 Å². The van der Waals surface area contributed by atoms with Gasteiger partial charge in [-0.1, -0.05) is 13.8 Å². The van der Waals surface area contributed by atoms with Gasteiger partial charge in [-0.05, 0) is 56.2 Å². The molecule has 2 heterocycles. The highest BCUT2D eigenvalue weighted by Gasteiger charge is 2.38. The molecule has 12 nitrogen and oxygen atoms in total. The number of benzene rings is 1. The number of hydrogen-bond donors (Lipinski definition) is 0. The van der Waals surface area contributed by atoms with E-state index in [0.29, 0.717) is 21.3 Å². The Morgan fingerprint density at radius 1 is 1.03 bits per heavy atom. The van der Waals surface area contributed by atoms with Crippen LogP contribution in [0, 0.1) is 12.8 Å². The molecule has 0 aliphatic rings. The van der Waals surface area contributed by atoms with Crippen LogP contribution >= 0.6 is 0 Å². The maximum Gasteiger partial charge on any atom is 0.430 e. The number of aromatic nitrogens is 3. The number of anilines is 1. The molecule has 1 unspecified atom stereocenters. The van der Waals surface area contributed by atoms with E-state index in [2.05, 4.69) is 19.7 Å². The number of methoxy groups -OCH3 is 2. The van der Waals surface area contributed by atoms with Crippen molar-refractivity contribution in [1.82, 2.24) is 15.0 Å². The van der Waals surface area contributed by atoms with Crippen LogP contribution in [0.25, 0.3) is 11.3 Å². The van der Waals surface area contributed by atoms with Crippen LogP contribution in [0.15, 0.2) is 53.7 Å². The average Bonchev–Trinajstić information content (AvgIpc) is 2.92. The van der Waals surface area contributed by atoms with Gasteiger partial charge in [0, 0.05) is 11.8 Å². The Kier molecular flexibility index (Phi) is 9.41. The third kappa shape index (κ3) is 6.79. The first-order valence-corrected chi connectivity index (χ1v) is 13.3. The molecule has 3 rings (SSSR count). The Balaban J connectivity index is 2.09. The summed E-state index contributed by atoms with van der Waals surface area (Å²) >= 11 is 0. The molecule has 0 aliphatic heterocycles. The van der Waals surface area contributed by atoms with Gasteiger partial charge in [0.15, 0.2) is 6.10 Å². The Hall–Kier alpha value is -4.26. The molecule has 0 aliphatic carbocycles. The van der Waals surface area contributed by atoms with Gasteiger partial charge in [0.25, 0.3) is 15.9 Å². The highest BCUT2D eigenvalue weighted by molar-refractivity contribution is 7.93. The topological polar surface area (TPSA) is 147 Å².